The van der Waals surface area contributed by atoms with E-state index in [0.717, 1.165) is 25.3 Å². The topological polar surface area (TPSA) is 34.1 Å². The van der Waals surface area contributed by atoms with Crippen molar-refractivity contribution in [2.24, 2.45) is 0 Å². The largest absolute Gasteiger partial charge is 0.382 e. The fourth-order valence-electron chi connectivity index (χ4n) is 1.37. The quantitative estimate of drug-likeness (QED) is 0.701. The highest BCUT2D eigenvalue weighted by atomic mass is 16.5. The molecule has 78 valence electrons. The average molecular weight is 194 g/mol. The van der Waals surface area contributed by atoms with Gasteiger partial charge < -0.3 is 10.1 Å². The first kappa shape index (κ1) is 11.1. The van der Waals surface area contributed by atoms with E-state index in [9.17, 15) is 0 Å². The number of aromatic nitrogens is 1. The SMILES string of the molecule is CCOCCC(NC)c1ccccn1. The molecule has 1 N–H and O–H groups in total. The van der Waals surface area contributed by atoms with E-state index < -0.39 is 0 Å². The Balaban J connectivity index is 2.46. The summed E-state index contributed by atoms with van der Waals surface area (Å²) in [4.78, 5) is 4.31. The summed E-state index contributed by atoms with van der Waals surface area (Å²) in [6.07, 6.45) is 2.78. The van der Waals surface area contributed by atoms with Crippen molar-refractivity contribution in [3.63, 3.8) is 0 Å². The van der Waals surface area contributed by atoms with Crippen LogP contribution in [0.1, 0.15) is 25.1 Å². The summed E-state index contributed by atoms with van der Waals surface area (Å²) < 4.78 is 5.32. The summed E-state index contributed by atoms with van der Waals surface area (Å²) in [5.74, 6) is 0. The van der Waals surface area contributed by atoms with Gasteiger partial charge in [-0.15, -0.1) is 0 Å². The van der Waals surface area contributed by atoms with Gasteiger partial charge in [0.2, 0.25) is 0 Å². The number of pyridine rings is 1. The molecule has 0 fully saturated rings. The lowest BCUT2D eigenvalue weighted by Crippen LogP contribution is -2.19. The Morgan fingerprint density at radius 1 is 1.50 bits per heavy atom. The van der Waals surface area contributed by atoms with Crippen molar-refractivity contribution in [2.45, 2.75) is 19.4 Å². The van der Waals surface area contributed by atoms with Gasteiger partial charge in [0.05, 0.1) is 11.7 Å². The van der Waals surface area contributed by atoms with Crippen LogP contribution in [0.4, 0.5) is 0 Å². The van der Waals surface area contributed by atoms with Crippen LogP contribution < -0.4 is 5.32 Å². The minimum atomic E-state index is 0.294. The van der Waals surface area contributed by atoms with Crippen LogP contribution in [-0.2, 0) is 4.74 Å². The summed E-state index contributed by atoms with van der Waals surface area (Å²) in [5.41, 5.74) is 1.08. The van der Waals surface area contributed by atoms with Gasteiger partial charge in [-0.25, -0.2) is 0 Å². The first-order valence-corrected chi connectivity index (χ1v) is 5.04. The Morgan fingerprint density at radius 3 is 2.93 bits per heavy atom. The van der Waals surface area contributed by atoms with E-state index in [1.54, 1.807) is 0 Å². The second kappa shape index (κ2) is 6.51. The lowest BCUT2D eigenvalue weighted by Gasteiger charge is -2.14. The normalized spacial score (nSPS) is 12.7. The van der Waals surface area contributed by atoms with Crippen molar-refractivity contribution in [1.29, 1.82) is 0 Å². The zero-order valence-electron chi connectivity index (χ0n) is 8.86. The Hall–Kier alpha value is -0.930. The van der Waals surface area contributed by atoms with E-state index in [2.05, 4.69) is 10.3 Å². The van der Waals surface area contributed by atoms with Gasteiger partial charge in [0, 0.05) is 19.4 Å². The van der Waals surface area contributed by atoms with Gasteiger partial charge in [-0.05, 0) is 32.5 Å². The van der Waals surface area contributed by atoms with Crippen LogP contribution in [0, 0.1) is 0 Å². The summed E-state index contributed by atoms with van der Waals surface area (Å²) in [6, 6.07) is 6.27. The average Bonchev–Trinajstić information content (AvgIpc) is 2.26. The van der Waals surface area contributed by atoms with Crippen LogP contribution >= 0.6 is 0 Å². The molecule has 0 aliphatic rings. The first-order valence-electron chi connectivity index (χ1n) is 5.04. The molecule has 0 saturated heterocycles. The van der Waals surface area contributed by atoms with Gasteiger partial charge in [-0.2, -0.15) is 0 Å². The van der Waals surface area contributed by atoms with Crippen molar-refractivity contribution in [1.82, 2.24) is 10.3 Å². The van der Waals surface area contributed by atoms with Gasteiger partial charge in [0.25, 0.3) is 0 Å². The fraction of sp³-hybridized carbons (Fsp3) is 0.545. The maximum absolute atomic E-state index is 5.32. The summed E-state index contributed by atoms with van der Waals surface area (Å²) in [5, 5.41) is 3.23. The number of ether oxygens (including phenoxy) is 1. The third kappa shape index (κ3) is 3.44. The molecule has 0 saturated carbocycles. The second-order valence-corrected chi connectivity index (χ2v) is 3.08. The number of rotatable bonds is 6. The summed E-state index contributed by atoms with van der Waals surface area (Å²) in [7, 11) is 1.95. The minimum absolute atomic E-state index is 0.294. The van der Waals surface area contributed by atoms with Gasteiger partial charge in [-0.3, -0.25) is 4.98 Å². The van der Waals surface area contributed by atoms with Crippen molar-refractivity contribution in [3.8, 4) is 0 Å². The molecular formula is C11H18N2O. The zero-order chi connectivity index (χ0) is 10.2. The third-order valence-corrected chi connectivity index (χ3v) is 2.15. The number of nitrogens with zero attached hydrogens (tertiary/aromatic N) is 1. The summed E-state index contributed by atoms with van der Waals surface area (Å²) in [6.45, 7) is 3.56. The molecule has 0 spiro atoms. The molecule has 3 nitrogen and oxygen atoms in total. The van der Waals surface area contributed by atoms with Crippen LogP contribution in [0.25, 0.3) is 0 Å². The van der Waals surface area contributed by atoms with Gasteiger partial charge in [0.15, 0.2) is 0 Å². The van der Waals surface area contributed by atoms with E-state index in [4.69, 9.17) is 4.74 Å². The Morgan fingerprint density at radius 2 is 2.36 bits per heavy atom. The maximum atomic E-state index is 5.32. The van der Waals surface area contributed by atoms with Gasteiger partial charge >= 0.3 is 0 Å². The molecule has 0 amide bonds. The number of nitrogens with one attached hydrogen (secondary N) is 1. The maximum Gasteiger partial charge on any atom is 0.0573 e. The molecule has 0 aliphatic carbocycles. The van der Waals surface area contributed by atoms with E-state index in [1.807, 2.05) is 38.4 Å². The molecule has 0 aliphatic heterocycles. The molecule has 1 unspecified atom stereocenters. The lowest BCUT2D eigenvalue weighted by atomic mass is 10.1. The summed E-state index contributed by atoms with van der Waals surface area (Å²) >= 11 is 0. The Labute approximate surface area is 85.5 Å². The van der Waals surface area contributed by atoms with Crippen molar-refractivity contribution in [2.75, 3.05) is 20.3 Å². The predicted octanol–water partition coefficient (Wildman–Crippen LogP) is 1.77. The van der Waals surface area contributed by atoms with Crippen LogP contribution in [0.3, 0.4) is 0 Å². The Kier molecular flexibility index (Phi) is 5.19. The standard InChI is InChI=1S/C11H18N2O/c1-3-14-9-7-10(12-2)11-6-4-5-8-13-11/h4-6,8,10,12H,3,7,9H2,1-2H3. The van der Waals surface area contributed by atoms with E-state index in [0.29, 0.717) is 6.04 Å². The van der Waals surface area contributed by atoms with Crippen LogP contribution in [0.5, 0.6) is 0 Å². The molecule has 1 atom stereocenters. The van der Waals surface area contributed by atoms with Gasteiger partial charge in [-0.1, -0.05) is 6.07 Å². The zero-order valence-corrected chi connectivity index (χ0v) is 8.86. The third-order valence-electron chi connectivity index (χ3n) is 2.15. The highest BCUT2D eigenvalue weighted by Gasteiger charge is 2.08. The number of hydrogen-bond acceptors (Lipinski definition) is 3. The molecule has 1 aromatic heterocycles. The molecule has 0 bridgehead atoms. The first-order chi connectivity index (χ1) is 6.88. The lowest BCUT2D eigenvalue weighted by molar-refractivity contribution is 0.137. The molecule has 1 rings (SSSR count). The van der Waals surface area contributed by atoms with Crippen molar-refractivity contribution in [3.05, 3.63) is 30.1 Å². The number of hydrogen-bond donors (Lipinski definition) is 1. The molecule has 1 heterocycles. The molecular weight excluding hydrogens is 176 g/mol. The fourth-order valence-corrected chi connectivity index (χ4v) is 1.37. The molecule has 14 heavy (non-hydrogen) atoms. The molecule has 0 radical (unpaired) electrons. The molecule has 3 heteroatoms. The predicted molar refractivity (Wildman–Crippen MR) is 57.1 cm³/mol. The smallest absolute Gasteiger partial charge is 0.0573 e. The van der Waals surface area contributed by atoms with Gasteiger partial charge in [0.1, 0.15) is 0 Å². The minimum Gasteiger partial charge on any atom is -0.382 e. The van der Waals surface area contributed by atoms with E-state index in [1.165, 1.54) is 0 Å². The highest BCUT2D eigenvalue weighted by Crippen LogP contribution is 2.12. The molecule has 0 aromatic carbocycles. The second-order valence-electron chi connectivity index (χ2n) is 3.08. The van der Waals surface area contributed by atoms with Crippen LogP contribution in [0.15, 0.2) is 24.4 Å². The van der Waals surface area contributed by atoms with Crippen molar-refractivity contribution < 1.29 is 4.74 Å². The Bertz CT molecular complexity index is 238. The molecule has 1 aromatic rings. The monoisotopic (exact) mass is 194 g/mol. The highest BCUT2D eigenvalue weighted by molar-refractivity contribution is 5.08. The van der Waals surface area contributed by atoms with Crippen molar-refractivity contribution >= 4 is 0 Å². The van der Waals surface area contributed by atoms with Crippen LogP contribution in [0.2, 0.25) is 0 Å². The van der Waals surface area contributed by atoms with Crippen LogP contribution in [-0.4, -0.2) is 25.2 Å². The van der Waals surface area contributed by atoms with E-state index >= 15 is 0 Å². The van der Waals surface area contributed by atoms with E-state index in [-0.39, 0.29) is 0 Å².